The zero-order valence-corrected chi connectivity index (χ0v) is 11.9. The van der Waals surface area contributed by atoms with Crippen LogP contribution < -0.4 is 5.32 Å². The van der Waals surface area contributed by atoms with Crippen LogP contribution in [0.5, 0.6) is 0 Å². The highest BCUT2D eigenvalue weighted by Crippen LogP contribution is 2.33. The molecule has 1 aliphatic rings. The molecule has 0 aromatic heterocycles. The van der Waals surface area contributed by atoms with Gasteiger partial charge in [0, 0.05) is 17.6 Å². The fraction of sp³-hybridized carbons (Fsp3) is 0.625. The van der Waals surface area contributed by atoms with Crippen molar-refractivity contribution in [1.29, 1.82) is 0 Å². The summed E-state index contributed by atoms with van der Waals surface area (Å²) in [7, 11) is 0. The standard InChI is InChI=1S/C16H23F2N/c1-10(2)12-8-13(9-12)19-11(3)7-14-15(17)5-4-6-16(14)18/h4-6,10-13,19H,7-9H2,1-3H3. The molecule has 19 heavy (non-hydrogen) atoms. The summed E-state index contributed by atoms with van der Waals surface area (Å²) < 4.78 is 27.1. The minimum atomic E-state index is -0.442. The summed E-state index contributed by atoms with van der Waals surface area (Å²) in [6, 6.07) is 4.67. The van der Waals surface area contributed by atoms with Gasteiger partial charge >= 0.3 is 0 Å². The molecule has 1 N–H and O–H groups in total. The molecule has 1 nitrogen and oxygen atoms in total. The maximum absolute atomic E-state index is 13.5. The van der Waals surface area contributed by atoms with Crippen molar-refractivity contribution in [2.45, 2.75) is 52.1 Å². The smallest absolute Gasteiger partial charge is 0.129 e. The summed E-state index contributed by atoms with van der Waals surface area (Å²) >= 11 is 0. The maximum atomic E-state index is 13.5. The Hall–Kier alpha value is -0.960. The van der Waals surface area contributed by atoms with E-state index in [2.05, 4.69) is 19.2 Å². The summed E-state index contributed by atoms with van der Waals surface area (Å²) in [4.78, 5) is 0. The average Bonchev–Trinajstić information content (AvgIpc) is 2.27. The maximum Gasteiger partial charge on any atom is 0.129 e. The Morgan fingerprint density at radius 3 is 2.26 bits per heavy atom. The third-order valence-electron chi connectivity index (χ3n) is 4.21. The molecule has 0 bridgehead atoms. The molecule has 0 radical (unpaired) electrons. The van der Waals surface area contributed by atoms with Crippen molar-refractivity contribution in [2.24, 2.45) is 11.8 Å². The van der Waals surface area contributed by atoms with E-state index >= 15 is 0 Å². The molecule has 0 aliphatic heterocycles. The Labute approximate surface area is 114 Å². The molecular weight excluding hydrogens is 244 g/mol. The Morgan fingerprint density at radius 2 is 1.74 bits per heavy atom. The molecule has 0 spiro atoms. The highest BCUT2D eigenvalue weighted by molar-refractivity contribution is 5.20. The van der Waals surface area contributed by atoms with Crippen LogP contribution in [-0.2, 0) is 6.42 Å². The first-order chi connectivity index (χ1) is 8.97. The van der Waals surface area contributed by atoms with Crippen LogP contribution in [0.1, 0.15) is 39.2 Å². The molecule has 0 saturated heterocycles. The van der Waals surface area contributed by atoms with Crippen LogP contribution in [-0.4, -0.2) is 12.1 Å². The van der Waals surface area contributed by atoms with Crippen molar-refractivity contribution in [1.82, 2.24) is 5.32 Å². The lowest BCUT2D eigenvalue weighted by molar-refractivity contribution is 0.159. The Kier molecular flexibility index (Phi) is 4.56. The Morgan fingerprint density at radius 1 is 1.16 bits per heavy atom. The largest absolute Gasteiger partial charge is 0.311 e. The summed E-state index contributed by atoms with van der Waals surface area (Å²) in [5.74, 6) is 0.650. The van der Waals surface area contributed by atoms with Crippen LogP contribution in [0.2, 0.25) is 0 Å². The van der Waals surface area contributed by atoms with Gasteiger partial charge in [-0.1, -0.05) is 19.9 Å². The van der Waals surface area contributed by atoms with E-state index in [1.54, 1.807) is 0 Å². The topological polar surface area (TPSA) is 12.0 Å². The first kappa shape index (κ1) is 14.4. The van der Waals surface area contributed by atoms with Crippen LogP contribution >= 0.6 is 0 Å². The second-order valence-electron chi connectivity index (χ2n) is 6.14. The third-order valence-corrected chi connectivity index (χ3v) is 4.21. The fourth-order valence-corrected chi connectivity index (χ4v) is 2.84. The monoisotopic (exact) mass is 267 g/mol. The average molecular weight is 267 g/mol. The number of benzene rings is 1. The second-order valence-corrected chi connectivity index (χ2v) is 6.14. The zero-order chi connectivity index (χ0) is 14.0. The molecule has 1 fully saturated rings. The van der Waals surface area contributed by atoms with E-state index in [9.17, 15) is 8.78 Å². The number of hydrogen-bond acceptors (Lipinski definition) is 1. The van der Waals surface area contributed by atoms with Crippen molar-refractivity contribution in [2.75, 3.05) is 0 Å². The molecule has 0 amide bonds. The van der Waals surface area contributed by atoms with Crippen LogP contribution in [0.15, 0.2) is 18.2 Å². The van der Waals surface area contributed by atoms with Gasteiger partial charge in [0.05, 0.1) is 0 Å². The van der Waals surface area contributed by atoms with E-state index in [0.717, 1.165) is 11.8 Å². The molecule has 0 heterocycles. The Bertz CT molecular complexity index is 405. The summed E-state index contributed by atoms with van der Waals surface area (Å²) in [5.41, 5.74) is 0.197. The fourth-order valence-electron chi connectivity index (χ4n) is 2.84. The van der Waals surface area contributed by atoms with E-state index in [0.29, 0.717) is 12.5 Å². The molecule has 106 valence electrons. The lowest BCUT2D eigenvalue weighted by Crippen LogP contribution is -2.47. The highest BCUT2D eigenvalue weighted by atomic mass is 19.1. The molecule has 1 aromatic rings. The van der Waals surface area contributed by atoms with Gasteiger partial charge < -0.3 is 5.32 Å². The minimum Gasteiger partial charge on any atom is -0.311 e. The van der Waals surface area contributed by atoms with Gasteiger partial charge in [-0.3, -0.25) is 0 Å². The summed E-state index contributed by atoms with van der Waals surface area (Å²) in [6.07, 6.45) is 2.77. The van der Waals surface area contributed by atoms with Gasteiger partial charge in [0.15, 0.2) is 0 Å². The summed E-state index contributed by atoms with van der Waals surface area (Å²) in [6.45, 7) is 6.49. The van der Waals surface area contributed by atoms with Gasteiger partial charge in [-0.2, -0.15) is 0 Å². The molecule has 2 rings (SSSR count). The Balaban J connectivity index is 1.84. The van der Waals surface area contributed by atoms with E-state index in [1.165, 1.54) is 31.0 Å². The van der Waals surface area contributed by atoms with Crippen molar-refractivity contribution in [3.8, 4) is 0 Å². The lowest BCUT2D eigenvalue weighted by atomic mass is 9.73. The predicted octanol–water partition coefficient (Wildman–Crippen LogP) is 3.92. The van der Waals surface area contributed by atoms with Crippen molar-refractivity contribution >= 4 is 0 Å². The third kappa shape index (κ3) is 3.53. The number of hydrogen-bond donors (Lipinski definition) is 1. The molecule has 1 aromatic carbocycles. The van der Waals surface area contributed by atoms with Gasteiger partial charge in [0.25, 0.3) is 0 Å². The van der Waals surface area contributed by atoms with Crippen LogP contribution in [0.4, 0.5) is 8.78 Å². The van der Waals surface area contributed by atoms with Crippen molar-refractivity contribution < 1.29 is 8.78 Å². The van der Waals surface area contributed by atoms with Crippen molar-refractivity contribution in [3.05, 3.63) is 35.4 Å². The minimum absolute atomic E-state index is 0.101. The first-order valence-electron chi connectivity index (χ1n) is 7.16. The first-order valence-corrected chi connectivity index (χ1v) is 7.16. The molecule has 1 unspecified atom stereocenters. The molecule has 1 atom stereocenters. The van der Waals surface area contributed by atoms with E-state index in [-0.39, 0.29) is 11.6 Å². The molecule has 1 saturated carbocycles. The molecular formula is C16H23F2N. The number of rotatable bonds is 5. The SMILES string of the molecule is CC(Cc1c(F)cccc1F)NC1CC(C(C)C)C1. The summed E-state index contributed by atoms with van der Waals surface area (Å²) in [5, 5.41) is 3.47. The van der Waals surface area contributed by atoms with Crippen LogP contribution in [0.3, 0.4) is 0 Å². The van der Waals surface area contributed by atoms with Gasteiger partial charge in [-0.15, -0.1) is 0 Å². The van der Waals surface area contributed by atoms with Gasteiger partial charge in [-0.05, 0) is 50.2 Å². The molecule has 3 heteroatoms. The van der Waals surface area contributed by atoms with Gasteiger partial charge in [0.2, 0.25) is 0 Å². The van der Waals surface area contributed by atoms with Crippen molar-refractivity contribution in [3.63, 3.8) is 0 Å². The quantitative estimate of drug-likeness (QED) is 0.852. The lowest BCUT2D eigenvalue weighted by Gasteiger charge is -2.40. The van der Waals surface area contributed by atoms with Crippen LogP contribution in [0.25, 0.3) is 0 Å². The van der Waals surface area contributed by atoms with E-state index in [1.807, 2.05) is 6.92 Å². The normalized spacial score (nSPS) is 24.3. The zero-order valence-electron chi connectivity index (χ0n) is 11.9. The number of nitrogens with one attached hydrogen (secondary N) is 1. The van der Waals surface area contributed by atoms with Gasteiger partial charge in [0.1, 0.15) is 11.6 Å². The second kappa shape index (κ2) is 6.00. The molecule has 1 aliphatic carbocycles. The predicted molar refractivity (Wildman–Crippen MR) is 74.0 cm³/mol. The van der Waals surface area contributed by atoms with E-state index < -0.39 is 11.6 Å². The van der Waals surface area contributed by atoms with Crippen LogP contribution in [0, 0.1) is 23.5 Å². The van der Waals surface area contributed by atoms with E-state index in [4.69, 9.17) is 0 Å². The number of halogens is 2. The highest BCUT2D eigenvalue weighted by Gasteiger charge is 2.31. The van der Waals surface area contributed by atoms with Gasteiger partial charge in [-0.25, -0.2) is 8.78 Å².